The number of fused-ring (bicyclic) bond motifs is 2. The number of nitrogens with one attached hydrogen (secondary N) is 1. The maximum atomic E-state index is 12.8. The summed E-state index contributed by atoms with van der Waals surface area (Å²) in [6, 6.07) is 11.0. The summed E-state index contributed by atoms with van der Waals surface area (Å²) in [7, 11) is 5.89. The predicted octanol–water partition coefficient (Wildman–Crippen LogP) is 1.51. The molecule has 0 spiro atoms. The van der Waals surface area contributed by atoms with E-state index in [0.717, 1.165) is 21.4 Å². The number of allylic oxidation sites excluding steroid dienone is 1. The van der Waals surface area contributed by atoms with Crippen molar-refractivity contribution >= 4 is 22.8 Å². The van der Waals surface area contributed by atoms with E-state index in [-0.39, 0.29) is 17.3 Å². The smallest absolute Gasteiger partial charge is 0.231 e. The highest BCUT2D eigenvalue weighted by atomic mass is 16.5. The molecule has 4 rings (SSSR count). The van der Waals surface area contributed by atoms with E-state index in [4.69, 9.17) is 4.74 Å². The average molecular weight is 348 g/mol. The van der Waals surface area contributed by atoms with E-state index >= 15 is 0 Å². The standard InChI is InChI=1S/C21H20N2O3/c1-22(2)12-16-18(24)9-8-15-20(25)19(26-21(15)16)10-13-11-23(3)17-7-5-4-6-14(13)17/h4-11,24H,12H2,1-3H3. The summed E-state index contributed by atoms with van der Waals surface area (Å²) >= 11 is 0. The Hall–Kier alpha value is -3.05. The normalized spacial score (nSPS) is 15.1. The number of hydrogen-bond acceptors (Lipinski definition) is 3. The summed E-state index contributed by atoms with van der Waals surface area (Å²) in [6.45, 7) is 0.511. The fourth-order valence-corrected chi connectivity index (χ4v) is 3.44. The summed E-state index contributed by atoms with van der Waals surface area (Å²) in [4.78, 5) is 13.9. The number of aryl methyl sites for hydroxylation is 1. The maximum absolute atomic E-state index is 12.8. The quantitative estimate of drug-likeness (QED) is 0.730. The van der Waals surface area contributed by atoms with E-state index in [1.54, 1.807) is 12.1 Å². The first-order valence-electron chi connectivity index (χ1n) is 8.56. The van der Waals surface area contributed by atoms with Gasteiger partial charge in [-0.05, 0) is 18.2 Å². The Kier molecular flexibility index (Phi) is 3.81. The van der Waals surface area contributed by atoms with E-state index < -0.39 is 0 Å². The molecule has 1 aromatic heterocycles. The zero-order valence-electron chi connectivity index (χ0n) is 15.0. The average Bonchev–Trinajstić information content (AvgIpc) is 3.09. The van der Waals surface area contributed by atoms with Gasteiger partial charge in [0.15, 0.2) is 5.76 Å². The van der Waals surface area contributed by atoms with E-state index in [0.29, 0.717) is 23.4 Å². The van der Waals surface area contributed by atoms with Crippen LogP contribution in [-0.2, 0) is 13.6 Å². The fraction of sp³-hybridized carbons (Fsp3) is 0.190. The number of carbonyl (C=O) groups excluding carboxylic acids is 1. The Labute approximate surface area is 151 Å². The van der Waals surface area contributed by atoms with Crippen molar-refractivity contribution in [2.24, 2.45) is 7.05 Å². The van der Waals surface area contributed by atoms with E-state index in [1.807, 2.05) is 56.2 Å². The number of aromatic nitrogens is 1. The largest absolute Gasteiger partial charge is 0.872 e. The van der Waals surface area contributed by atoms with Crippen molar-refractivity contribution < 1.29 is 19.5 Å². The monoisotopic (exact) mass is 348 g/mol. The lowest BCUT2D eigenvalue weighted by atomic mass is 10.0. The van der Waals surface area contributed by atoms with Crippen LogP contribution in [0.15, 0.2) is 48.4 Å². The van der Waals surface area contributed by atoms with Crippen LogP contribution < -0.4 is 14.7 Å². The van der Waals surface area contributed by atoms with Crippen molar-refractivity contribution in [3.8, 4) is 11.5 Å². The summed E-state index contributed by atoms with van der Waals surface area (Å²) in [6.07, 6.45) is 3.74. The molecule has 0 unspecified atom stereocenters. The van der Waals surface area contributed by atoms with Crippen LogP contribution >= 0.6 is 0 Å². The number of quaternary nitrogens is 1. The number of Topliss-reactive ketones (excluding diaryl/α,β-unsaturated/α-hetero) is 1. The number of carbonyl (C=O) groups is 1. The summed E-state index contributed by atoms with van der Waals surface area (Å²) in [5.41, 5.74) is 3.02. The van der Waals surface area contributed by atoms with Gasteiger partial charge in [-0.1, -0.05) is 30.0 Å². The molecule has 2 heterocycles. The molecule has 0 atom stereocenters. The second-order valence-electron chi connectivity index (χ2n) is 6.96. The lowest BCUT2D eigenvalue weighted by molar-refractivity contribution is -0.872. The van der Waals surface area contributed by atoms with Crippen LogP contribution in [-0.4, -0.2) is 24.4 Å². The Bertz CT molecular complexity index is 1060. The molecule has 132 valence electrons. The van der Waals surface area contributed by atoms with Gasteiger partial charge in [-0.25, -0.2) is 0 Å². The maximum Gasteiger partial charge on any atom is 0.231 e. The SMILES string of the molecule is Cn1cc(C=C2Oc3c(ccc([O-])c3C[NH+](C)C)C2=O)c2ccccc21. The molecule has 0 saturated carbocycles. The van der Waals surface area contributed by atoms with Crippen LogP contribution in [0.3, 0.4) is 0 Å². The van der Waals surface area contributed by atoms with Crippen LogP contribution in [0.4, 0.5) is 0 Å². The summed E-state index contributed by atoms with van der Waals surface area (Å²) in [5.74, 6) is 0.402. The first-order chi connectivity index (χ1) is 12.5. The molecule has 0 radical (unpaired) electrons. The van der Waals surface area contributed by atoms with Crippen molar-refractivity contribution in [2.75, 3.05) is 14.1 Å². The van der Waals surface area contributed by atoms with Crippen molar-refractivity contribution in [1.29, 1.82) is 0 Å². The minimum absolute atomic E-state index is 0.0934. The number of hydrogen-bond donors (Lipinski definition) is 1. The third-order valence-electron chi connectivity index (χ3n) is 4.64. The van der Waals surface area contributed by atoms with Gasteiger partial charge >= 0.3 is 0 Å². The van der Waals surface area contributed by atoms with Crippen LogP contribution in [0, 0.1) is 0 Å². The van der Waals surface area contributed by atoms with Crippen LogP contribution in [0.5, 0.6) is 11.5 Å². The predicted molar refractivity (Wildman–Crippen MR) is 98.3 cm³/mol. The van der Waals surface area contributed by atoms with Crippen molar-refractivity contribution in [1.82, 2.24) is 4.57 Å². The van der Waals surface area contributed by atoms with Crippen LogP contribution in [0.25, 0.3) is 17.0 Å². The molecule has 5 nitrogen and oxygen atoms in total. The third kappa shape index (κ3) is 2.57. The van der Waals surface area contributed by atoms with Gasteiger partial charge in [-0.3, -0.25) is 4.79 Å². The zero-order valence-corrected chi connectivity index (χ0v) is 15.0. The van der Waals surface area contributed by atoms with Crippen molar-refractivity contribution in [3.05, 3.63) is 65.0 Å². The molecule has 0 aliphatic carbocycles. The Morgan fingerprint density at radius 3 is 2.73 bits per heavy atom. The third-order valence-corrected chi connectivity index (χ3v) is 4.64. The lowest BCUT2D eigenvalue weighted by Crippen LogP contribution is -3.04. The van der Waals surface area contributed by atoms with Crippen molar-refractivity contribution in [2.45, 2.75) is 6.54 Å². The molecular weight excluding hydrogens is 328 g/mol. The molecule has 1 N–H and O–H groups in total. The lowest BCUT2D eigenvalue weighted by Gasteiger charge is -2.17. The molecule has 0 bridgehead atoms. The number of ketones is 1. The van der Waals surface area contributed by atoms with E-state index in [9.17, 15) is 9.90 Å². The Balaban J connectivity index is 1.80. The molecule has 0 amide bonds. The molecule has 5 heteroatoms. The van der Waals surface area contributed by atoms with Gasteiger partial charge in [0, 0.05) is 35.3 Å². The molecule has 0 saturated heterocycles. The van der Waals surface area contributed by atoms with Crippen LogP contribution in [0.1, 0.15) is 21.5 Å². The van der Waals surface area contributed by atoms with E-state index in [1.165, 1.54) is 6.07 Å². The number of benzene rings is 2. The first-order valence-corrected chi connectivity index (χ1v) is 8.56. The van der Waals surface area contributed by atoms with Gasteiger partial charge in [0.05, 0.1) is 19.7 Å². The van der Waals surface area contributed by atoms with Gasteiger partial charge in [0.2, 0.25) is 5.78 Å². The molecule has 26 heavy (non-hydrogen) atoms. The number of ether oxygens (including phenoxy) is 1. The highest BCUT2D eigenvalue weighted by Gasteiger charge is 2.30. The Morgan fingerprint density at radius 1 is 1.19 bits per heavy atom. The summed E-state index contributed by atoms with van der Waals surface area (Å²) < 4.78 is 7.90. The highest BCUT2D eigenvalue weighted by molar-refractivity contribution is 6.15. The molecule has 1 aliphatic heterocycles. The highest BCUT2D eigenvalue weighted by Crippen LogP contribution is 2.38. The molecule has 2 aromatic carbocycles. The van der Waals surface area contributed by atoms with Gasteiger partial charge in [-0.15, -0.1) is 0 Å². The van der Waals surface area contributed by atoms with Gasteiger partial charge in [0.1, 0.15) is 12.3 Å². The number of rotatable bonds is 3. The minimum Gasteiger partial charge on any atom is -0.872 e. The second kappa shape index (κ2) is 6.04. The van der Waals surface area contributed by atoms with Gasteiger partial charge < -0.3 is 19.3 Å². The van der Waals surface area contributed by atoms with E-state index in [2.05, 4.69) is 0 Å². The first kappa shape index (κ1) is 16.4. The molecule has 1 aliphatic rings. The molecule has 3 aromatic rings. The minimum atomic E-state index is -0.178. The van der Waals surface area contributed by atoms with Gasteiger partial charge in [0.25, 0.3) is 0 Å². The second-order valence-corrected chi connectivity index (χ2v) is 6.96. The number of nitrogens with zero attached hydrogens (tertiary/aromatic N) is 1. The molecule has 0 fully saturated rings. The fourth-order valence-electron chi connectivity index (χ4n) is 3.44. The van der Waals surface area contributed by atoms with Crippen LogP contribution in [0.2, 0.25) is 0 Å². The van der Waals surface area contributed by atoms with Gasteiger partial charge in [-0.2, -0.15) is 0 Å². The number of para-hydroxylation sites is 1. The van der Waals surface area contributed by atoms with Crippen molar-refractivity contribution in [3.63, 3.8) is 0 Å². The zero-order chi connectivity index (χ0) is 18.4. The topological polar surface area (TPSA) is 58.7 Å². The summed E-state index contributed by atoms with van der Waals surface area (Å²) in [5, 5.41) is 13.3. The Morgan fingerprint density at radius 2 is 1.96 bits per heavy atom. The molecular formula is C21H20N2O3.